The maximum atomic E-state index is 10.7. The van der Waals surface area contributed by atoms with Gasteiger partial charge in [0.1, 0.15) is 0 Å². The van der Waals surface area contributed by atoms with E-state index in [-0.39, 0.29) is 16.7 Å². The number of morpholine rings is 1. The van der Waals surface area contributed by atoms with Crippen LogP contribution in [0.3, 0.4) is 0 Å². The number of nitro groups is 1. The van der Waals surface area contributed by atoms with Crippen molar-refractivity contribution in [2.75, 3.05) is 31.1 Å². The predicted molar refractivity (Wildman–Crippen MR) is 64.1 cm³/mol. The SMILES string of the molecule is NCC1CN(c2cccc([N+](=O)[O-])c2)CCO1. The van der Waals surface area contributed by atoms with Crippen LogP contribution in [0.2, 0.25) is 0 Å². The third-order valence-corrected chi connectivity index (χ3v) is 2.81. The number of rotatable bonds is 3. The lowest BCUT2D eigenvalue weighted by Gasteiger charge is -2.33. The van der Waals surface area contributed by atoms with E-state index in [0.29, 0.717) is 19.7 Å². The number of nitrogens with zero attached hydrogens (tertiary/aromatic N) is 2. The van der Waals surface area contributed by atoms with Crippen LogP contribution in [0.4, 0.5) is 11.4 Å². The van der Waals surface area contributed by atoms with E-state index in [0.717, 1.165) is 12.2 Å². The van der Waals surface area contributed by atoms with E-state index in [1.54, 1.807) is 12.1 Å². The Hall–Kier alpha value is -1.66. The van der Waals surface area contributed by atoms with Crippen molar-refractivity contribution in [2.45, 2.75) is 6.10 Å². The zero-order valence-corrected chi connectivity index (χ0v) is 9.41. The Morgan fingerprint density at radius 1 is 1.59 bits per heavy atom. The molecule has 17 heavy (non-hydrogen) atoms. The summed E-state index contributed by atoms with van der Waals surface area (Å²) in [5.74, 6) is 0. The van der Waals surface area contributed by atoms with Gasteiger partial charge in [0, 0.05) is 37.5 Å². The Morgan fingerprint density at radius 3 is 3.12 bits per heavy atom. The van der Waals surface area contributed by atoms with Crippen LogP contribution >= 0.6 is 0 Å². The van der Waals surface area contributed by atoms with Crippen molar-refractivity contribution in [1.82, 2.24) is 0 Å². The molecule has 1 fully saturated rings. The molecule has 1 aliphatic rings. The second-order valence-electron chi connectivity index (χ2n) is 3.95. The fourth-order valence-electron chi connectivity index (χ4n) is 1.90. The lowest BCUT2D eigenvalue weighted by Crippen LogP contribution is -2.45. The lowest BCUT2D eigenvalue weighted by atomic mass is 10.2. The molecule has 1 aromatic carbocycles. The van der Waals surface area contributed by atoms with Gasteiger partial charge in [-0.15, -0.1) is 0 Å². The quantitative estimate of drug-likeness (QED) is 0.620. The van der Waals surface area contributed by atoms with Crippen molar-refractivity contribution >= 4 is 11.4 Å². The number of hydrogen-bond acceptors (Lipinski definition) is 5. The standard InChI is InChI=1S/C11H15N3O3/c12-7-11-8-13(4-5-17-11)9-2-1-3-10(6-9)14(15)16/h1-3,6,11H,4-5,7-8,12H2. The maximum Gasteiger partial charge on any atom is 0.271 e. The van der Waals surface area contributed by atoms with Gasteiger partial charge in [-0.25, -0.2) is 0 Å². The summed E-state index contributed by atoms with van der Waals surface area (Å²) in [6.07, 6.45) is 0.00279. The summed E-state index contributed by atoms with van der Waals surface area (Å²) in [5.41, 5.74) is 6.52. The fourth-order valence-corrected chi connectivity index (χ4v) is 1.90. The van der Waals surface area contributed by atoms with E-state index >= 15 is 0 Å². The minimum Gasteiger partial charge on any atom is -0.373 e. The van der Waals surface area contributed by atoms with Crippen LogP contribution in [-0.2, 0) is 4.74 Å². The zero-order chi connectivity index (χ0) is 12.3. The third-order valence-electron chi connectivity index (χ3n) is 2.81. The van der Waals surface area contributed by atoms with Crippen LogP contribution in [0.15, 0.2) is 24.3 Å². The second kappa shape index (κ2) is 5.11. The molecule has 0 aliphatic carbocycles. The average molecular weight is 237 g/mol. The average Bonchev–Trinajstić information content (AvgIpc) is 2.39. The summed E-state index contributed by atoms with van der Waals surface area (Å²) in [6.45, 7) is 2.48. The molecule has 92 valence electrons. The van der Waals surface area contributed by atoms with Crippen molar-refractivity contribution in [1.29, 1.82) is 0 Å². The molecule has 2 N–H and O–H groups in total. The largest absolute Gasteiger partial charge is 0.373 e. The molecule has 1 saturated heterocycles. The Morgan fingerprint density at radius 2 is 2.41 bits per heavy atom. The van der Waals surface area contributed by atoms with E-state index in [2.05, 4.69) is 4.90 Å². The molecule has 0 spiro atoms. The molecule has 0 aromatic heterocycles. The van der Waals surface area contributed by atoms with Crippen molar-refractivity contribution in [3.63, 3.8) is 0 Å². The number of non-ortho nitro benzene ring substituents is 1. The van der Waals surface area contributed by atoms with Crippen molar-refractivity contribution in [3.8, 4) is 0 Å². The molecule has 0 amide bonds. The molecule has 0 radical (unpaired) electrons. The third kappa shape index (κ3) is 2.72. The molecule has 6 nitrogen and oxygen atoms in total. The highest BCUT2D eigenvalue weighted by Crippen LogP contribution is 2.22. The van der Waals surface area contributed by atoms with Gasteiger partial charge in [0.2, 0.25) is 0 Å². The summed E-state index contributed by atoms with van der Waals surface area (Å²) in [6, 6.07) is 6.63. The second-order valence-corrected chi connectivity index (χ2v) is 3.95. The van der Waals surface area contributed by atoms with Gasteiger partial charge in [-0.3, -0.25) is 10.1 Å². The summed E-state index contributed by atoms with van der Waals surface area (Å²) in [4.78, 5) is 12.4. The number of nitro benzene ring substituents is 1. The van der Waals surface area contributed by atoms with Crippen LogP contribution in [-0.4, -0.2) is 37.3 Å². The van der Waals surface area contributed by atoms with E-state index in [4.69, 9.17) is 10.5 Å². The highest BCUT2D eigenvalue weighted by molar-refractivity contribution is 5.53. The van der Waals surface area contributed by atoms with Crippen molar-refractivity contribution in [3.05, 3.63) is 34.4 Å². The first-order chi connectivity index (χ1) is 8.20. The molecule has 1 aliphatic heterocycles. The number of nitrogens with two attached hydrogens (primary N) is 1. The predicted octanol–water partition coefficient (Wildman–Crippen LogP) is 0.759. The van der Waals surface area contributed by atoms with Gasteiger partial charge in [-0.1, -0.05) is 6.07 Å². The van der Waals surface area contributed by atoms with Crippen LogP contribution < -0.4 is 10.6 Å². The van der Waals surface area contributed by atoms with Gasteiger partial charge in [-0.2, -0.15) is 0 Å². The molecule has 1 heterocycles. The first kappa shape index (κ1) is 11.8. The summed E-state index contributed by atoms with van der Waals surface area (Å²) < 4.78 is 5.46. The maximum absolute atomic E-state index is 10.7. The van der Waals surface area contributed by atoms with Crippen LogP contribution in [0, 0.1) is 10.1 Å². The molecule has 1 aromatic rings. The topological polar surface area (TPSA) is 81.6 Å². The molecule has 1 unspecified atom stereocenters. The summed E-state index contributed by atoms with van der Waals surface area (Å²) in [5, 5.41) is 10.7. The first-order valence-electron chi connectivity index (χ1n) is 5.52. The molecule has 6 heteroatoms. The van der Waals surface area contributed by atoms with Crippen LogP contribution in [0.5, 0.6) is 0 Å². The van der Waals surface area contributed by atoms with Gasteiger partial charge in [-0.05, 0) is 6.07 Å². The van der Waals surface area contributed by atoms with Crippen LogP contribution in [0.25, 0.3) is 0 Å². The molecule has 0 bridgehead atoms. The Balaban J connectivity index is 2.16. The van der Waals surface area contributed by atoms with Crippen molar-refractivity contribution in [2.24, 2.45) is 5.73 Å². The Labute approximate surface area is 99.1 Å². The normalized spacial score (nSPS) is 20.3. The van der Waals surface area contributed by atoms with E-state index in [1.165, 1.54) is 6.07 Å². The number of anilines is 1. The number of ether oxygens (including phenoxy) is 1. The monoisotopic (exact) mass is 237 g/mol. The zero-order valence-electron chi connectivity index (χ0n) is 9.41. The first-order valence-corrected chi connectivity index (χ1v) is 5.52. The minimum atomic E-state index is -0.385. The molecular formula is C11H15N3O3. The molecule has 0 saturated carbocycles. The Kier molecular flexibility index (Phi) is 3.55. The van der Waals surface area contributed by atoms with Gasteiger partial charge in [0.25, 0.3) is 5.69 Å². The van der Waals surface area contributed by atoms with Crippen LogP contribution in [0.1, 0.15) is 0 Å². The van der Waals surface area contributed by atoms with Gasteiger partial charge >= 0.3 is 0 Å². The van der Waals surface area contributed by atoms with Gasteiger partial charge < -0.3 is 15.4 Å². The van der Waals surface area contributed by atoms with Crippen molar-refractivity contribution < 1.29 is 9.66 Å². The van der Waals surface area contributed by atoms with Gasteiger partial charge in [0.05, 0.1) is 17.6 Å². The summed E-state index contributed by atoms with van der Waals surface area (Å²) >= 11 is 0. The highest BCUT2D eigenvalue weighted by atomic mass is 16.6. The molecular weight excluding hydrogens is 222 g/mol. The molecule has 1 atom stereocenters. The fraction of sp³-hybridized carbons (Fsp3) is 0.455. The van der Waals surface area contributed by atoms with E-state index in [9.17, 15) is 10.1 Å². The minimum absolute atomic E-state index is 0.00279. The highest BCUT2D eigenvalue weighted by Gasteiger charge is 2.20. The smallest absolute Gasteiger partial charge is 0.271 e. The number of benzene rings is 1. The summed E-state index contributed by atoms with van der Waals surface area (Å²) in [7, 11) is 0. The Bertz CT molecular complexity index is 411. The lowest BCUT2D eigenvalue weighted by molar-refractivity contribution is -0.384. The number of hydrogen-bond donors (Lipinski definition) is 1. The van der Waals surface area contributed by atoms with E-state index < -0.39 is 0 Å². The molecule has 2 rings (SSSR count). The van der Waals surface area contributed by atoms with Gasteiger partial charge in [0.15, 0.2) is 0 Å². The van der Waals surface area contributed by atoms with E-state index in [1.807, 2.05) is 6.07 Å².